The average Bonchev–Trinajstić information content (AvgIpc) is 3.06. The van der Waals surface area contributed by atoms with E-state index in [1.807, 2.05) is 38.1 Å². The van der Waals surface area contributed by atoms with Gasteiger partial charge in [0, 0.05) is 16.5 Å². The van der Waals surface area contributed by atoms with E-state index in [4.69, 9.17) is 14.6 Å². The van der Waals surface area contributed by atoms with Crippen LogP contribution in [0.1, 0.15) is 61.3 Å². The van der Waals surface area contributed by atoms with Gasteiger partial charge in [0.25, 0.3) is 5.91 Å². The van der Waals surface area contributed by atoms with Gasteiger partial charge < -0.3 is 19.7 Å². The third-order valence-corrected chi connectivity index (χ3v) is 5.76. The molecule has 0 fully saturated rings. The van der Waals surface area contributed by atoms with Crippen LogP contribution < -0.4 is 14.4 Å². The molecule has 1 aliphatic heterocycles. The molecule has 7 heteroatoms. The van der Waals surface area contributed by atoms with Crippen LogP contribution in [0.4, 0.5) is 5.69 Å². The highest BCUT2D eigenvalue weighted by Crippen LogP contribution is 2.50. The van der Waals surface area contributed by atoms with Crippen molar-refractivity contribution in [3.05, 3.63) is 65.2 Å². The van der Waals surface area contributed by atoms with E-state index in [9.17, 15) is 14.7 Å². The predicted octanol–water partition coefficient (Wildman–Crippen LogP) is 5.08. The van der Waals surface area contributed by atoms with Crippen LogP contribution in [0.15, 0.2) is 48.5 Å². The van der Waals surface area contributed by atoms with Gasteiger partial charge in [-0.25, -0.2) is 0 Å². The van der Waals surface area contributed by atoms with E-state index in [1.54, 1.807) is 24.3 Å². The fraction of sp³-hybridized carbons (Fsp3) is 0.333. The summed E-state index contributed by atoms with van der Waals surface area (Å²) in [5.74, 6) is -0.415. The number of amides is 1. The Morgan fingerprint density at radius 1 is 1.06 bits per heavy atom. The molecule has 1 atom stereocenters. The van der Waals surface area contributed by atoms with Gasteiger partial charge in [0.05, 0.1) is 30.3 Å². The van der Waals surface area contributed by atoms with Gasteiger partial charge in [-0.05, 0) is 38.0 Å². The maximum absolute atomic E-state index is 13.7. The standard InChI is InChI=1S/C27H29NO6/c1-4-5-14-33-24-19-8-6-7-9-20(19)25(34-16(2)3)23-22(24)26(31)28(27(23)32)18-12-10-17(11-13-18)15-21(29)30/h6-13,16,26,31H,4-5,14-15H2,1-3H3,(H,29,30). The van der Waals surface area contributed by atoms with Gasteiger partial charge in [-0.1, -0.05) is 49.7 Å². The lowest BCUT2D eigenvalue weighted by Gasteiger charge is -2.22. The normalized spacial score (nSPS) is 15.1. The van der Waals surface area contributed by atoms with Gasteiger partial charge in [0.15, 0.2) is 6.23 Å². The first kappa shape index (κ1) is 23.6. The highest BCUT2D eigenvalue weighted by Gasteiger charge is 2.43. The van der Waals surface area contributed by atoms with Crippen LogP contribution in [0.5, 0.6) is 11.5 Å². The number of fused-ring (bicyclic) bond motifs is 2. The van der Waals surface area contributed by atoms with Crippen molar-refractivity contribution >= 4 is 28.3 Å². The lowest BCUT2D eigenvalue weighted by molar-refractivity contribution is -0.136. The number of hydrogen-bond acceptors (Lipinski definition) is 5. The van der Waals surface area contributed by atoms with Crippen LogP contribution in [0.2, 0.25) is 0 Å². The topological polar surface area (TPSA) is 96.3 Å². The molecule has 0 aliphatic carbocycles. The highest BCUT2D eigenvalue weighted by molar-refractivity contribution is 6.17. The number of carbonyl (C=O) groups is 2. The van der Waals surface area contributed by atoms with Crippen LogP contribution >= 0.6 is 0 Å². The molecule has 0 radical (unpaired) electrons. The summed E-state index contributed by atoms with van der Waals surface area (Å²) in [6, 6.07) is 14.2. The Balaban J connectivity index is 1.88. The average molecular weight is 464 g/mol. The molecule has 1 amide bonds. The molecule has 0 saturated heterocycles. The number of carboxylic acid groups (broad SMARTS) is 1. The molecule has 2 N–H and O–H groups in total. The minimum Gasteiger partial charge on any atom is -0.492 e. The molecule has 7 nitrogen and oxygen atoms in total. The lowest BCUT2D eigenvalue weighted by Crippen LogP contribution is -2.27. The SMILES string of the molecule is CCCCOc1c2c(c(OC(C)C)c3ccccc13)C(=O)N(c1ccc(CC(=O)O)cc1)C2O. The maximum atomic E-state index is 13.7. The summed E-state index contributed by atoms with van der Waals surface area (Å²) in [6.07, 6.45) is 0.207. The van der Waals surface area contributed by atoms with E-state index in [0.29, 0.717) is 40.5 Å². The molecule has 0 bridgehead atoms. The maximum Gasteiger partial charge on any atom is 0.307 e. The zero-order valence-corrected chi connectivity index (χ0v) is 19.6. The molecule has 3 aromatic rings. The van der Waals surface area contributed by atoms with Gasteiger partial charge in [0.2, 0.25) is 0 Å². The first-order chi connectivity index (χ1) is 16.3. The molecule has 0 aromatic heterocycles. The molecule has 1 heterocycles. The van der Waals surface area contributed by atoms with E-state index >= 15 is 0 Å². The van der Waals surface area contributed by atoms with Crippen molar-refractivity contribution in [1.29, 1.82) is 0 Å². The Bertz CT molecular complexity index is 1220. The Hall–Kier alpha value is -3.58. The zero-order chi connectivity index (χ0) is 24.4. The predicted molar refractivity (Wildman–Crippen MR) is 130 cm³/mol. The molecule has 0 saturated carbocycles. The first-order valence-corrected chi connectivity index (χ1v) is 11.5. The van der Waals surface area contributed by atoms with Crippen LogP contribution in [0, 0.1) is 0 Å². The molecule has 0 spiro atoms. The summed E-state index contributed by atoms with van der Waals surface area (Å²) in [4.78, 5) is 26.1. The summed E-state index contributed by atoms with van der Waals surface area (Å²) < 4.78 is 12.3. The molecular formula is C27H29NO6. The number of aliphatic hydroxyl groups is 1. The van der Waals surface area contributed by atoms with E-state index in [0.717, 1.165) is 23.6 Å². The number of ether oxygens (including phenoxy) is 2. The van der Waals surface area contributed by atoms with Crippen LogP contribution in [-0.2, 0) is 11.2 Å². The Labute approximate surface area is 198 Å². The van der Waals surface area contributed by atoms with Crippen molar-refractivity contribution in [2.75, 3.05) is 11.5 Å². The smallest absolute Gasteiger partial charge is 0.307 e. The quantitative estimate of drug-likeness (QED) is 0.430. The molecule has 3 aromatic carbocycles. The van der Waals surface area contributed by atoms with Gasteiger partial charge in [-0.2, -0.15) is 0 Å². The number of nitrogens with zero attached hydrogens (tertiary/aromatic N) is 1. The van der Waals surface area contributed by atoms with E-state index in [2.05, 4.69) is 6.92 Å². The lowest BCUT2D eigenvalue weighted by atomic mass is 9.98. The Morgan fingerprint density at radius 3 is 2.29 bits per heavy atom. The van der Waals surface area contributed by atoms with Crippen molar-refractivity contribution in [1.82, 2.24) is 0 Å². The Kier molecular flexibility index (Phi) is 6.75. The van der Waals surface area contributed by atoms with Crippen molar-refractivity contribution in [2.45, 2.75) is 52.4 Å². The number of hydrogen-bond donors (Lipinski definition) is 2. The number of aliphatic carboxylic acids is 1. The van der Waals surface area contributed by atoms with Crippen molar-refractivity contribution in [3.63, 3.8) is 0 Å². The molecule has 4 rings (SSSR count). The number of unbranched alkanes of at least 4 members (excludes halogenated alkanes) is 1. The van der Waals surface area contributed by atoms with Gasteiger partial charge in [-0.3, -0.25) is 14.5 Å². The second kappa shape index (κ2) is 9.73. The van der Waals surface area contributed by atoms with Crippen molar-refractivity contribution < 1.29 is 29.3 Å². The van der Waals surface area contributed by atoms with Gasteiger partial charge in [-0.15, -0.1) is 0 Å². The zero-order valence-electron chi connectivity index (χ0n) is 19.6. The van der Waals surface area contributed by atoms with E-state index in [1.165, 1.54) is 4.90 Å². The van der Waals surface area contributed by atoms with Crippen molar-refractivity contribution in [3.8, 4) is 11.5 Å². The minimum atomic E-state index is -1.27. The van der Waals surface area contributed by atoms with Crippen LogP contribution in [0.3, 0.4) is 0 Å². The fourth-order valence-electron chi connectivity index (χ4n) is 4.25. The summed E-state index contributed by atoms with van der Waals surface area (Å²) >= 11 is 0. The number of rotatable bonds is 9. The second-order valence-corrected chi connectivity index (χ2v) is 8.65. The van der Waals surface area contributed by atoms with Gasteiger partial charge >= 0.3 is 5.97 Å². The van der Waals surface area contributed by atoms with E-state index in [-0.39, 0.29) is 12.5 Å². The summed E-state index contributed by atoms with van der Waals surface area (Å²) in [7, 11) is 0. The Morgan fingerprint density at radius 2 is 1.71 bits per heavy atom. The summed E-state index contributed by atoms with van der Waals surface area (Å²) in [5, 5.41) is 22.0. The number of aliphatic hydroxyl groups excluding tert-OH is 1. The largest absolute Gasteiger partial charge is 0.492 e. The molecule has 1 aliphatic rings. The fourth-order valence-corrected chi connectivity index (χ4v) is 4.25. The molecular weight excluding hydrogens is 434 g/mol. The molecule has 178 valence electrons. The second-order valence-electron chi connectivity index (χ2n) is 8.65. The van der Waals surface area contributed by atoms with Gasteiger partial charge in [0.1, 0.15) is 11.5 Å². The number of anilines is 1. The summed E-state index contributed by atoms with van der Waals surface area (Å²) in [5.41, 5.74) is 1.75. The van der Waals surface area contributed by atoms with Crippen LogP contribution in [-0.4, -0.2) is 34.8 Å². The monoisotopic (exact) mass is 463 g/mol. The van der Waals surface area contributed by atoms with Crippen molar-refractivity contribution in [2.24, 2.45) is 0 Å². The number of carboxylic acids is 1. The first-order valence-electron chi connectivity index (χ1n) is 11.5. The molecule has 1 unspecified atom stereocenters. The third-order valence-electron chi connectivity index (χ3n) is 5.76. The summed E-state index contributed by atoms with van der Waals surface area (Å²) in [6.45, 7) is 6.31. The highest BCUT2D eigenvalue weighted by atomic mass is 16.5. The third kappa shape index (κ3) is 4.31. The number of carbonyl (C=O) groups excluding carboxylic acids is 1. The molecule has 34 heavy (non-hydrogen) atoms. The minimum absolute atomic E-state index is 0.121. The van der Waals surface area contributed by atoms with Crippen LogP contribution in [0.25, 0.3) is 10.8 Å². The number of benzene rings is 3. The van der Waals surface area contributed by atoms with E-state index < -0.39 is 18.1 Å².